The monoisotopic (exact) mass is 405 g/mol. The van der Waals surface area contributed by atoms with Crippen molar-refractivity contribution < 1.29 is 14.3 Å². The number of carbonyl (C=O) groups excluding carboxylic acids is 1. The molecule has 1 fully saturated rings. The van der Waals surface area contributed by atoms with Crippen LogP contribution >= 0.6 is 11.6 Å². The molecule has 0 spiro atoms. The van der Waals surface area contributed by atoms with Crippen LogP contribution in [0.25, 0.3) is 11.4 Å². The Balaban J connectivity index is 1.50. The van der Waals surface area contributed by atoms with E-state index in [-0.39, 0.29) is 11.4 Å². The van der Waals surface area contributed by atoms with Crippen molar-refractivity contribution in [2.24, 2.45) is 0 Å². The predicted molar refractivity (Wildman–Crippen MR) is 104 cm³/mol. The number of piperidine rings is 1. The number of fused-ring (bicyclic) bond motifs is 3. The van der Waals surface area contributed by atoms with Crippen molar-refractivity contribution in [2.75, 3.05) is 19.7 Å². The SMILES string of the molecule is CC(C)(C)OC(=O)N1CCC(c2cc3n(n2)CCOc2cnc(Cl)nc2-3)CC1. The number of aromatic nitrogens is 4. The van der Waals surface area contributed by atoms with E-state index in [9.17, 15) is 4.79 Å². The van der Waals surface area contributed by atoms with Gasteiger partial charge >= 0.3 is 6.09 Å². The Hall–Kier alpha value is -2.35. The molecule has 2 aromatic heterocycles. The molecule has 0 N–H and O–H groups in total. The molecule has 8 nitrogen and oxygen atoms in total. The third kappa shape index (κ3) is 3.92. The van der Waals surface area contributed by atoms with Gasteiger partial charge in [0.05, 0.1) is 24.1 Å². The van der Waals surface area contributed by atoms with Crippen molar-refractivity contribution in [1.82, 2.24) is 24.6 Å². The molecule has 9 heteroatoms. The van der Waals surface area contributed by atoms with Gasteiger partial charge in [-0.25, -0.2) is 14.8 Å². The van der Waals surface area contributed by atoms with E-state index in [4.69, 9.17) is 26.2 Å². The first-order valence-corrected chi connectivity index (χ1v) is 9.89. The summed E-state index contributed by atoms with van der Waals surface area (Å²) in [4.78, 5) is 22.4. The topological polar surface area (TPSA) is 82.4 Å². The highest BCUT2D eigenvalue weighted by atomic mass is 35.5. The first kappa shape index (κ1) is 19.0. The number of nitrogens with zero attached hydrogens (tertiary/aromatic N) is 5. The zero-order valence-corrected chi connectivity index (χ0v) is 17.1. The third-order valence-electron chi connectivity index (χ3n) is 4.89. The summed E-state index contributed by atoms with van der Waals surface area (Å²) in [6.45, 7) is 8.11. The van der Waals surface area contributed by atoms with E-state index >= 15 is 0 Å². The van der Waals surface area contributed by atoms with E-state index in [1.54, 1.807) is 11.1 Å². The zero-order valence-electron chi connectivity index (χ0n) is 16.3. The van der Waals surface area contributed by atoms with Crippen LogP contribution in [-0.2, 0) is 11.3 Å². The summed E-state index contributed by atoms with van der Waals surface area (Å²) < 4.78 is 13.1. The van der Waals surface area contributed by atoms with Crippen molar-refractivity contribution in [3.05, 3.63) is 23.2 Å². The molecule has 0 radical (unpaired) electrons. The van der Waals surface area contributed by atoms with Crippen molar-refractivity contribution in [2.45, 2.75) is 51.7 Å². The quantitative estimate of drug-likeness (QED) is 0.675. The van der Waals surface area contributed by atoms with E-state index in [2.05, 4.69) is 16.0 Å². The molecular formula is C19H24ClN5O3. The molecule has 4 heterocycles. The largest absolute Gasteiger partial charge is 0.488 e. The number of ether oxygens (including phenoxy) is 2. The fraction of sp³-hybridized carbons (Fsp3) is 0.579. The summed E-state index contributed by atoms with van der Waals surface area (Å²) in [5, 5.41) is 4.98. The smallest absolute Gasteiger partial charge is 0.410 e. The highest BCUT2D eigenvalue weighted by molar-refractivity contribution is 6.28. The second-order valence-corrected chi connectivity index (χ2v) is 8.46. The lowest BCUT2D eigenvalue weighted by Crippen LogP contribution is -2.41. The van der Waals surface area contributed by atoms with Crippen LogP contribution in [0.1, 0.15) is 45.2 Å². The third-order valence-corrected chi connectivity index (χ3v) is 5.07. The van der Waals surface area contributed by atoms with Crippen LogP contribution in [0.2, 0.25) is 5.28 Å². The van der Waals surface area contributed by atoms with E-state index in [1.165, 1.54) is 0 Å². The molecule has 4 rings (SSSR count). The Morgan fingerprint density at radius 1 is 1.29 bits per heavy atom. The molecule has 0 atom stereocenters. The van der Waals surface area contributed by atoms with Crippen LogP contribution in [-0.4, -0.2) is 56.0 Å². The molecule has 150 valence electrons. The van der Waals surface area contributed by atoms with E-state index in [0.29, 0.717) is 43.6 Å². The van der Waals surface area contributed by atoms with E-state index in [1.807, 2.05) is 25.5 Å². The number of likely N-dealkylation sites (tertiary alicyclic amines) is 1. The summed E-state index contributed by atoms with van der Waals surface area (Å²) in [6, 6.07) is 2.06. The van der Waals surface area contributed by atoms with Gasteiger partial charge in [0.15, 0.2) is 5.75 Å². The molecule has 1 saturated heterocycles. The summed E-state index contributed by atoms with van der Waals surface area (Å²) in [5.74, 6) is 0.911. The maximum Gasteiger partial charge on any atom is 0.410 e. The summed E-state index contributed by atoms with van der Waals surface area (Å²) in [5.41, 5.74) is 2.10. The van der Waals surface area contributed by atoms with Gasteiger partial charge in [-0.3, -0.25) is 4.68 Å². The number of hydrogen-bond acceptors (Lipinski definition) is 6. The first-order chi connectivity index (χ1) is 13.3. The Kier molecular flexibility index (Phi) is 4.91. The Morgan fingerprint density at radius 2 is 2.04 bits per heavy atom. The van der Waals surface area contributed by atoms with Gasteiger partial charge in [0.2, 0.25) is 5.28 Å². The minimum atomic E-state index is -0.478. The normalized spacial score (nSPS) is 17.4. The number of halogens is 1. The fourth-order valence-corrected chi connectivity index (χ4v) is 3.70. The molecule has 0 bridgehead atoms. The lowest BCUT2D eigenvalue weighted by atomic mass is 9.93. The Labute approximate surface area is 168 Å². The average Bonchev–Trinajstić information content (AvgIpc) is 2.98. The highest BCUT2D eigenvalue weighted by Crippen LogP contribution is 2.35. The zero-order chi connectivity index (χ0) is 19.9. The molecular weight excluding hydrogens is 382 g/mol. The molecule has 28 heavy (non-hydrogen) atoms. The molecule has 2 aromatic rings. The molecule has 1 amide bonds. The van der Waals surface area contributed by atoms with Gasteiger partial charge in [0, 0.05) is 19.0 Å². The van der Waals surface area contributed by atoms with Crippen LogP contribution in [0.5, 0.6) is 5.75 Å². The molecule has 0 saturated carbocycles. The lowest BCUT2D eigenvalue weighted by molar-refractivity contribution is 0.0204. The summed E-state index contributed by atoms with van der Waals surface area (Å²) in [7, 11) is 0. The van der Waals surface area contributed by atoms with Gasteiger partial charge in [-0.2, -0.15) is 5.10 Å². The Bertz CT molecular complexity index is 884. The number of carbonyl (C=O) groups is 1. The van der Waals surface area contributed by atoms with E-state index < -0.39 is 5.60 Å². The summed E-state index contributed by atoms with van der Waals surface area (Å²) in [6.07, 6.45) is 3.06. The maximum atomic E-state index is 12.3. The summed E-state index contributed by atoms with van der Waals surface area (Å²) >= 11 is 5.99. The van der Waals surface area contributed by atoms with Crippen molar-refractivity contribution >= 4 is 17.7 Å². The number of rotatable bonds is 1. The maximum absolute atomic E-state index is 12.3. The fourth-order valence-electron chi connectivity index (χ4n) is 3.56. The van der Waals surface area contributed by atoms with Gasteiger partial charge < -0.3 is 14.4 Å². The van der Waals surface area contributed by atoms with Crippen molar-refractivity contribution in [3.8, 4) is 17.1 Å². The van der Waals surface area contributed by atoms with Gasteiger partial charge in [-0.15, -0.1) is 0 Å². The highest BCUT2D eigenvalue weighted by Gasteiger charge is 2.30. The van der Waals surface area contributed by atoms with Gasteiger partial charge in [-0.05, 0) is 51.3 Å². The minimum Gasteiger partial charge on any atom is -0.488 e. The molecule has 2 aliphatic heterocycles. The first-order valence-electron chi connectivity index (χ1n) is 9.51. The Morgan fingerprint density at radius 3 is 2.75 bits per heavy atom. The number of amides is 1. The van der Waals surface area contributed by atoms with Crippen molar-refractivity contribution in [1.29, 1.82) is 0 Å². The minimum absolute atomic E-state index is 0.184. The van der Waals surface area contributed by atoms with Crippen LogP contribution in [0.4, 0.5) is 4.79 Å². The predicted octanol–water partition coefficient (Wildman–Crippen LogP) is 3.50. The standard InChI is InChI=1S/C19H24ClN5O3/c1-19(2,3)28-18(26)24-6-4-12(5-7-24)13-10-14-16-15(11-21-17(20)22-16)27-9-8-25(14)23-13/h10-12H,4-9H2,1-3H3. The van der Waals surface area contributed by atoms with Crippen LogP contribution in [0.3, 0.4) is 0 Å². The second kappa shape index (κ2) is 7.24. The lowest BCUT2D eigenvalue weighted by Gasteiger charge is -2.32. The van der Waals surface area contributed by atoms with Gasteiger partial charge in [-0.1, -0.05) is 0 Å². The van der Waals surface area contributed by atoms with Crippen molar-refractivity contribution in [3.63, 3.8) is 0 Å². The van der Waals surface area contributed by atoms with Gasteiger partial charge in [0.25, 0.3) is 0 Å². The van der Waals surface area contributed by atoms with Crippen LogP contribution in [0.15, 0.2) is 12.3 Å². The van der Waals surface area contributed by atoms with Crippen LogP contribution < -0.4 is 4.74 Å². The van der Waals surface area contributed by atoms with Crippen LogP contribution in [0, 0.1) is 0 Å². The van der Waals surface area contributed by atoms with E-state index in [0.717, 1.165) is 24.2 Å². The number of hydrogen-bond donors (Lipinski definition) is 0. The van der Waals surface area contributed by atoms with Gasteiger partial charge in [0.1, 0.15) is 17.9 Å². The average molecular weight is 406 g/mol. The molecule has 0 unspecified atom stereocenters. The molecule has 2 aliphatic rings. The molecule has 0 aliphatic carbocycles. The second-order valence-electron chi connectivity index (χ2n) is 8.12. The molecule has 0 aromatic carbocycles.